The van der Waals surface area contributed by atoms with Crippen molar-refractivity contribution in [3.05, 3.63) is 29.8 Å². The number of hydrogen-bond acceptors (Lipinski definition) is 6. The lowest BCUT2D eigenvalue weighted by molar-refractivity contribution is 0.571. The summed E-state index contributed by atoms with van der Waals surface area (Å²) in [6.45, 7) is 5.53. The quantitative estimate of drug-likeness (QED) is 0.559. The smallest absolute Gasteiger partial charge is 0.320 e. The standard InChI is InChI=1S/C16H23N3O3S3/c1-5-10-25(21,22)12-9-7-6-8-11(12)13(17-4)24(20)15-18-14(23)16(2,3)19-15/h6-9,13,17H,5,10H2,1-4H3,(H,18,19,23). The highest BCUT2D eigenvalue weighted by atomic mass is 32.2. The van der Waals surface area contributed by atoms with Crippen LogP contribution in [0.2, 0.25) is 0 Å². The van der Waals surface area contributed by atoms with Crippen LogP contribution in [0, 0.1) is 0 Å². The van der Waals surface area contributed by atoms with E-state index in [1.165, 1.54) is 0 Å². The third-order valence-electron chi connectivity index (χ3n) is 3.83. The summed E-state index contributed by atoms with van der Waals surface area (Å²) >= 11 is 3.59. The maximum absolute atomic E-state index is 13.0. The molecule has 0 fully saturated rings. The lowest BCUT2D eigenvalue weighted by Crippen LogP contribution is -2.46. The molecular formula is C16H23N3O3S3. The molecule has 2 atom stereocenters. The van der Waals surface area contributed by atoms with Gasteiger partial charge in [-0.2, -0.15) is 4.99 Å². The van der Waals surface area contributed by atoms with Crippen LogP contribution < -0.4 is 10.6 Å². The van der Waals surface area contributed by atoms with E-state index in [0.717, 1.165) is 0 Å². The van der Waals surface area contributed by atoms with Crippen LogP contribution in [0.25, 0.3) is 0 Å². The first-order valence-electron chi connectivity index (χ1n) is 7.95. The Bertz CT molecular complexity index is 791. The average Bonchev–Trinajstić information content (AvgIpc) is 2.82. The Kier molecular flexibility index (Phi) is 6.26. The molecule has 0 saturated carbocycles. The Balaban J connectivity index is 2.43. The van der Waals surface area contributed by atoms with E-state index in [-0.39, 0.29) is 15.8 Å². The van der Waals surface area contributed by atoms with Crippen molar-refractivity contribution in [2.24, 2.45) is 4.99 Å². The molecule has 0 bridgehead atoms. The second-order valence-electron chi connectivity index (χ2n) is 6.29. The number of amidine groups is 1. The topological polar surface area (TPSA) is 93.6 Å². The Hall–Kier alpha value is -1.00. The van der Waals surface area contributed by atoms with E-state index in [1.54, 1.807) is 31.3 Å². The number of hydrogen-bond donors (Lipinski definition) is 2. The van der Waals surface area contributed by atoms with Gasteiger partial charge in [-0.3, -0.25) is 5.32 Å². The van der Waals surface area contributed by atoms with Gasteiger partial charge in [0.2, 0.25) is 5.37 Å². The second kappa shape index (κ2) is 7.71. The number of benzene rings is 1. The zero-order valence-electron chi connectivity index (χ0n) is 14.7. The molecule has 1 aliphatic rings. The minimum Gasteiger partial charge on any atom is -0.607 e. The van der Waals surface area contributed by atoms with Crippen molar-refractivity contribution < 1.29 is 13.0 Å². The van der Waals surface area contributed by atoms with Gasteiger partial charge < -0.3 is 9.87 Å². The molecule has 1 aromatic rings. The first kappa shape index (κ1) is 20.3. The van der Waals surface area contributed by atoms with Crippen molar-refractivity contribution in [2.45, 2.75) is 43.0 Å². The molecule has 0 spiro atoms. The molecule has 1 heterocycles. The molecule has 0 radical (unpaired) electrons. The molecule has 2 N–H and O–H groups in total. The third-order valence-corrected chi connectivity index (χ3v) is 7.91. The zero-order chi connectivity index (χ0) is 18.8. The van der Waals surface area contributed by atoms with Crippen LogP contribution in [-0.4, -0.2) is 41.5 Å². The summed E-state index contributed by atoms with van der Waals surface area (Å²) in [4.78, 5) is 4.84. The van der Waals surface area contributed by atoms with Crippen molar-refractivity contribution in [2.75, 3.05) is 12.8 Å². The molecule has 2 unspecified atom stereocenters. The molecule has 2 rings (SSSR count). The van der Waals surface area contributed by atoms with E-state index in [4.69, 9.17) is 12.2 Å². The van der Waals surface area contributed by atoms with E-state index in [0.29, 0.717) is 17.0 Å². The molecule has 1 aliphatic heterocycles. The summed E-state index contributed by atoms with van der Waals surface area (Å²) in [7, 11) is -1.80. The summed E-state index contributed by atoms with van der Waals surface area (Å²) in [6.07, 6.45) is 0.515. The highest BCUT2D eigenvalue weighted by molar-refractivity contribution is 8.06. The van der Waals surface area contributed by atoms with E-state index in [9.17, 15) is 13.0 Å². The zero-order valence-corrected chi connectivity index (χ0v) is 17.1. The first-order chi connectivity index (χ1) is 11.6. The maximum atomic E-state index is 13.0. The van der Waals surface area contributed by atoms with Gasteiger partial charge in [0.05, 0.1) is 16.2 Å². The van der Waals surface area contributed by atoms with Crippen LogP contribution in [0.1, 0.15) is 38.1 Å². The normalized spacial score (nSPS) is 19.2. The number of nitrogens with zero attached hydrogens (tertiary/aromatic N) is 1. The molecular weight excluding hydrogens is 378 g/mol. The molecule has 6 nitrogen and oxygen atoms in total. The number of rotatable bonds is 6. The van der Waals surface area contributed by atoms with Crippen molar-refractivity contribution in [3.63, 3.8) is 0 Å². The minimum atomic E-state index is -3.45. The summed E-state index contributed by atoms with van der Waals surface area (Å²) < 4.78 is 38.2. The summed E-state index contributed by atoms with van der Waals surface area (Å²) in [6, 6.07) is 6.65. The van der Waals surface area contributed by atoms with Gasteiger partial charge in [-0.15, -0.1) is 0 Å². The number of sulfone groups is 1. The minimum absolute atomic E-state index is 0.0450. The van der Waals surface area contributed by atoms with Crippen molar-refractivity contribution in [3.8, 4) is 0 Å². The Morgan fingerprint density at radius 1 is 1.40 bits per heavy atom. The fraction of sp³-hybridized carbons (Fsp3) is 0.500. The molecule has 0 amide bonds. The van der Waals surface area contributed by atoms with Crippen molar-refractivity contribution >= 4 is 43.4 Å². The van der Waals surface area contributed by atoms with Crippen molar-refractivity contribution in [1.29, 1.82) is 0 Å². The SMILES string of the molecule is CCCS(=O)(=O)c1ccccc1C(NC)[S+]([O-])C1=NC(=S)C(C)(C)N1. The second-order valence-corrected chi connectivity index (χ2v) is 10.2. The van der Waals surface area contributed by atoms with E-state index >= 15 is 0 Å². The molecule has 0 saturated heterocycles. The van der Waals surface area contributed by atoms with Gasteiger partial charge in [-0.05, 0) is 33.4 Å². The summed E-state index contributed by atoms with van der Waals surface area (Å²) in [5.41, 5.74) is -0.0798. The number of nitrogens with one attached hydrogen (secondary N) is 2. The number of aliphatic imine (C=N–C) groups is 1. The molecule has 0 aliphatic carbocycles. The Morgan fingerprint density at radius 3 is 2.56 bits per heavy atom. The fourth-order valence-electron chi connectivity index (χ4n) is 2.52. The van der Waals surface area contributed by atoms with E-state index in [1.807, 2.05) is 20.8 Å². The van der Waals surface area contributed by atoms with Gasteiger partial charge in [0.15, 0.2) is 9.84 Å². The Morgan fingerprint density at radius 2 is 2.04 bits per heavy atom. The highest BCUT2D eigenvalue weighted by Crippen LogP contribution is 2.30. The van der Waals surface area contributed by atoms with Crippen LogP contribution in [0.5, 0.6) is 0 Å². The highest BCUT2D eigenvalue weighted by Gasteiger charge is 2.41. The van der Waals surface area contributed by atoms with Crippen molar-refractivity contribution in [1.82, 2.24) is 10.6 Å². The predicted molar refractivity (Wildman–Crippen MR) is 106 cm³/mol. The van der Waals surface area contributed by atoms with E-state index < -0.39 is 31.9 Å². The monoisotopic (exact) mass is 401 g/mol. The van der Waals surface area contributed by atoms with Crippen LogP contribution in [-0.2, 0) is 21.0 Å². The third kappa shape index (κ3) is 4.22. The first-order valence-corrected chi connectivity index (χ1v) is 11.2. The van der Waals surface area contributed by atoms with Crippen LogP contribution in [0.3, 0.4) is 0 Å². The van der Waals surface area contributed by atoms with Gasteiger partial charge in [0.1, 0.15) is 4.99 Å². The fourth-order valence-corrected chi connectivity index (χ4v) is 5.80. The molecule has 0 aromatic heterocycles. The van der Waals surface area contributed by atoms with Gasteiger partial charge in [-0.1, -0.05) is 37.3 Å². The molecule has 1 aromatic carbocycles. The average molecular weight is 402 g/mol. The van der Waals surface area contributed by atoms with Crippen LogP contribution in [0.4, 0.5) is 0 Å². The lowest BCUT2D eigenvalue weighted by Gasteiger charge is -2.24. The predicted octanol–water partition coefficient (Wildman–Crippen LogP) is 1.90. The van der Waals surface area contributed by atoms with Gasteiger partial charge >= 0.3 is 5.17 Å². The summed E-state index contributed by atoms with van der Waals surface area (Å²) in [5, 5.41) is 5.57. The molecule has 9 heteroatoms. The maximum Gasteiger partial charge on any atom is 0.320 e. The lowest BCUT2D eigenvalue weighted by atomic mass is 10.1. The Labute approximate surface area is 157 Å². The number of thiocarbonyl (C=S) groups is 1. The van der Waals surface area contributed by atoms with Crippen LogP contribution >= 0.6 is 12.2 Å². The molecule has 25 heavy (non-hydrogen) atoms. The largest absolute Gasteiger partial charge is 0.607 e. The van der Waals surface area contributed by atoms with Crippen LogP contribution in [0.15, 0.2) is 34.2 Å². The van der Waals surface area contributed by atoms with Gasteiger partial charge in [0.25, 0.3) is 0 Å². The summed E-state index contributed by atoms with van der Waals surface area (Å²) in [5.74, 6) is 0.0450. The van der Waals surface area contributed by atoms with E-state index in [2.05, 4.69) is 15.6 Å². The van der Waals surface area contributed by atoms with Gasteiger partial charge in [-0.25, -0.2) is 8.42 Å². The van der Waals surface area contributed by atoms with Gasteiger partial charge in [0, 0.05) is 16.7 Å². The molecule has 138 valence electrons.